The van der Waals surface area contributed by atoms with Crippen molar-refractivity contribution >= 4 is 15.9 Å². The Hall–Kier alpha value is -1.46. The average molecular weight is 329 g/mol. The molecule has 100 valence electrons. The van der Waals surface area contributed by atoms with E-state index in [1.807, 2.05) is 0 Å². The van der Waals surface area contributed by atoms with Gasteiger partial charge in [-0.1, -0.05) is 28.1 Å². The summed E-state index contributed by atoms with van der Waals surface area (Å²) >= 11 is 3.21. The summed E-state index contributed by atoms with van der Waals surface area (Å²) in [6, 6.07) is 8.32. The second-order valence-electron chi connectivity index (χ2n) is 3.93. The lowest BCUT2D eigenvalue weighted by atomic mass is 10.0. The van der Waals surface area contributed by atoms with E-state index >= 15 is 0 Å². The van der Waals surface area contributed by atoms with E-state index in [2.05, 4.69) is 15.9 Å². The molecule has 0 saturated heterocycles. The molecule has 0 saturated carbocycles. The van der Waals surface area contributed by atoms with Crippen molar-refractivity contribution in [1.82, 2.24) is 0 Å². The van der Waals surface area contributed by atoms with Crippen LogP contribution in [0.2, 0.25) is 0 Å². The van der Waals surface area contributed by atoms with Gasteiger partial charge in [0.05, 0.1) is 7.11 Å². The fourth-order valence-corrected chi connectivity index (χ4v) is 2.25. The summed E-state index contributed by atoms with van der Waals surface area (Å²) in [4.78, 5) is 0. The number of aliphatic hydroxyl groups is 1. The van der Waals surface area contributed by atoms with E-state index in [0.29, 0.717) is 4.47 Å². The topological polar surface area (TPSA) is 29.5 Å². The van der Waals surface area contributed by atoms with Gasteiger partial charge in [0.25, 0.3) is 0 Å². The molecular formula is C14H11BrF2O2. The Labute approximate surface area is 117 Å². The second-order valence-corrected chi connectivity index (χ2v) is 4.79. The van der Waals surface area contributed by atoms with Crippen molar-refractivity contribution in [2.24, 2.45) is 0 Å². The van der Waals surface area contributed by atoms with Gasteiger partial charge in [-0.05, 0) is 24.3 Å². The molecule has 2 aromatic carbocycles. The number of halogens is 3. The van der Waals surface area contributed by atoms with Gasteiger partial charge in [-0.2, -0.15) is 0 Å². The number of rotatable bonds is 3. The minimum atomic E-state index is -1.28. The fourth-order valence-electron chi connectivity index (χ4n) is 1.79. The Bertz CT molecular complexity index is 602. The minimum Gasteiger partial charge on any atom is -0.494 e. The Morgan fingerprint density at radius 2 is 1.89 bits per heavy atom. The molecule has 0 bridgehead atoms. The normalized spacial score (nSPS) is 12.3. The maximum atomic E-state index is 14.0. The fraction of sp³-hybridized carbons (Fsp3) is 0.143. The zero-order chi connectivity index (χ0) is 14.0. The molecule has 0 aromatic heterocycles. The van der Waals surface area contributed by atoms with Crippen LogP contribution in [-0.2, 0) is 0 Å². The van der Waals surface area contributed by atoms with E-state index in [1.54, 1.807) is 6.07 Å². The molecule has 0 heterocycles. The molecule has 0 aliphatic rings. The first-order valence-corrected chi connectivity index (χ1v) is 6.29. The maximum absolute atomic E-state index is 14.0. The van der Waals surface area contributed by atoms with Crippen LogP contribution in [0.25, 0.3) is 0 Å². The van der Waals surface area contributed by atoms with Crippen molar-refractivity contribution in [2.45, 2.75) is 6.10 Å². The van der Waals surface area contributed by atoms with Crippen LogP contribution in [0.1, 0.15) is 17.2 Å². The molecule has 19 heavy (non-hydrogen) atoms. The van der Waals surface area contributed by atoms with E-state index in [0.717, 1.165) is 6.07 Å². The van der Waals surface area contributed by atoms with Crippen LogP contribution in [0.4, 0.5) is 8.78 Å². The predicted octanol–water partition coefficient (Wildman–Crippen LogP) is 3.82. The summed E-state index contributed by atoms with van der Waals surface area (Å²) in [5.41, 5.74) is 0.290. The number of hydrogen-bond donors (Lipinski definition) is 1. The lowest BCUT2D eigenvalue weighted by Crippen LogP contribution is -2.05. The molecule has 0 aliphatic heterocycles. The summed E-state index contributed by atoms with van der Waals surface area (Å²) < 4.78 is 32.6. The highest BCUT2D eigenvalue weighted by molar-refractivity contribution is 9.10. The number of benzene rings is 2. The third-order valence-corrected chi connectivity index (χ3v) is 3.48. The molecule has 2 rings (SSSR count). The van der Waals surface area contributed by atoms with Gasteiger partial charge in [-0.25, -0.2) is 8.78 Å². The van der Waals surface area contributed by atoms with Crippen LogP contribution in [0.3, 0.4) is 0 Å². The van der Waals surface area contributed by atoms with Crippen LogP contribution < -0.4 is 4.74 Å². The monoisotopic (exact) mass is 328 g/mol. The summed E-state index contributed by atoms with van der Waals surface area (Å²) in [5.74, 6) is -1.13. The lowest BCUT2D eigenvalue weighted by Gasteiger charge is -2.15. The molecule has 0 fully saturated rings. The van der Waals surface area contributed by atoms with Crippen molar-refractivity contribution in [1.29, 1.82) is 0 Å². The number of methoxy groups -OCH3 is 1. The summed E-state index contributed by atoms with van der Waals surface area (Å²) in [7, 11) is 1.34. The van der Waals surface area contributed by atoms with Crippen LogP contribution in [0.15, 0.2) is 40.9 Å². The Kier molecular flexibility index (Phi) is 4.17. The molecule has 2 nitrogen and oxygen atoms in total. The third-order valence-electron chi connectivity index (χ3n) is 2.76. The Morgan fingerprint density at radius 1 is 1.16 bits per heavy atom. The van der Waals surface area contributed by atoms with Gasteiger partial charge >= 0.3 is 0 Å². The molecular weight excluding hydrogens is 318 g/mol. The molecule has 5 heteroatoms. The molecule has 1 atom stereocenters. The van der Waals surface area contributed by atoms with Crippen LogP contribution >= 0.6 is 15.9 Å². The summed E-state index contributed by atoms with van der Waals surface area (Å²) in [5, 5.41) is 10.2. The van der Waals surface area contributed by atoms with E-state index < -0.39 is 17.7 Å². The van der Waals surface area contributed by atoms with Gasteiger partial charge in [0, 0.05) is 15.6 Å². The predicted molar refractivity (Wildman–Crippen MR) is 71.1 cm³/mol. The molecule has 0 aliphatic carbocycles. The van der Waals surface area contributed by atoms with Crippen LogP contribution in [0.5, 0.6) is 5.75 Å². The zero-order valence-corrected chi connectivity index (χ0v) is 11.6. The first-order valence-electron chi connectivity index (χ1n) is 5.50. The van der Waals surface area contributed by atoms with Gasteiger partial charge in [-0.3, -0.25) is 0 Å². The average Bonchev–Trinajstić information content (AvgIpc) is 2.41. The standard InChI is InChI=1S/C14H11BrF2O2/c1-19-12-4-2-3-9(13(12)17)14(18)10-7-8(16)5-6-11(10)15/h2-7,14,18H,1H3. The smallest absolute Gasteiger partial charge is 0.171 e. The van der Waals surface area contributed by atoms with Gasteiger partial charge in [-0.15, -0.1) is 0 Å². The molecule has 1 unspecified atom stereocenters. The first-order chi connectivity index (χ1) is 9.04. The van der Waals surface area contributed by atoms with Gasteiger partial charge < -0.3 is 9.84 Å². The van der Waals surface area contributed by atoms with Gasteiger partial charge in [0.15, 0.2) is 11.6 Å². The maximum Gasteiger partial charge on any atom is 0.171 e. The zero-order valence-electron chi connectivity index (χ0n) is 10.0. The van der Waals surface area contributed by atoms with Crippen molar-refractivity contribution in [3.63, 3.8) is 0 Å². The number of ether oxygens (including phenoxy) is 1. The summed E-state index contributed by atoms with van der Waals surface area (Å²) in [6.07, 6.45) is -1.28. The lowest BCUT2D eigenvalue weighted by molar-refractivity contribution is 0.212. The highest BCUT2D eigenvalue weighted by atomic mass is 79.9. The van der Waals surface area contributed by atoms with Gasteiger partial charge in [0.1, 0.15) is 11.9 Å². The van der Waals surface area contributed by atoms with Crippen molar-refractivity contribution in [2.75, 3.05) is 7.11 Å². The minimum absolute atomic E-state index is 0.0316. The van der Waals surface area contributed by atoms with Crippen LogP contribution in [0, 0.1) is 11.6 Å². The molecule has 2 aromatic rings. The number of hydrogen-bond acceptors (Lipinski definition) is 2. The highest BCUT2D eigenvalue weighted by Gasteiger charge is 2.20. The Balaban J connectivity index is 2.50. The molecule has 1 N–H and O–H groups in total. The SMILES string of the molecule is COc1cccc(C(O)c2cc(F)ccc2Br)c1F. The molecule has 0 spiro atoms. The van der Waals surface area contributed by atoms with Crippen molar-refractivity contribution in [3.8, 4) is 5.75 Å². The number of aliphatic hydroxyl groups excluding tert-OH is 1. The Morgan fingerprint density at radius 3 is 2.58 bits per heavy atom. The highest BCUT2D eigenvalue weighted by Crippen LogP contribution is 2.33. The third kappa shape index (κ3) is 2.77. The van der Waals surface area contributed by atoms with Gasteiger partial charge in [0.2, 0.25) is 0 Å². The molecule has 0 radical (unpaired) electrons. The first kappa shape index (κ1) is 14.0. The quantitative estimate of drug-likeness (QED) is 0.928. The molecule has 0 amide bonds. The second kappa shape index (κ2) is 5.67. The van der Waals surface area contributed by atoms with Crippen molar-refractivity contribution < 1.29 is 18.6 Å². The van der Waals surface area contributed by atoms with Crippen molar-refractivity contribution in [3.05, 3.63) is 63.6 Å². The van der Waals surface area contributed by atoms with E-state index in [4.69, 9.17) is 4.74 Å². The van der Waals surface area contributed by atoms with E-state index in [9.17, 15) is 13.9 Å². The van der Waals surface area contributed by atoms with Crippen LogP contribution in [-0.4, -0.2) is 12.2 Å². The largest absolute Gasteiger partial charge is 0.494 e. The van der Waals surface area contributed by atoms with E-state index in [1.165, 1.54) is 31.4 Å². The summed E-state index contributed by atoms with van der Waals surface area (Å²) in [6.45, 7) is 0. The van der Waals surface area contributed by atoms with E-state index in [-0.39, 0.29) is 16.9 Å².